The van der Waals surface area contributed by atoms with Crippen molar-refractivity contribution in [2.75, 3.05) is 32.7 Å². The lowest BCUT2D eigenvalue weighted by atomic mass is 9.85. The van der Waals surface area contributed by atoms with Crippen molar-refractivity contribution in [3.8, 4) is 0 Å². The molecule has 0 aromatic carbocycles. The maximum absolute atomic E-state index is 13.0. The molecule has 2 N–H and O–H groups in total. The van der Waals surface area contributed by atoms with Gasteiger partial charge in [0.2, 0.25) is 0 Å². The average molecular weight is 504 g/mol. The highest BCUT2D eigenvalue weighted by Gasteiger charge is 2.42. The quantitative estimate of drug-likeness (QED) is 0.320. The summed E-state index contributed by atoms with van der Waals surface area (Å²) in [7, 11) is 0. The average Bonchev–Trinajstić information content (AvgIpc) is 2.62. The summed E-state index contributed by atoms with van der Waals surface area (Å²) in [6.45, 7) is 9.11. The first-order chi connectivity index (χ1) is 12.4. The normalized spacial score (nSPS) is 25.7. The van der Waals surface area contributed by atoms with Crippen LogP contribution in [0, 0.1) is 11.8 Å². The van der Waals surface area contributed by atoms with Gasteiger partial charge in [-0.2, -0.15) is 13.2 Å². The number of likely N-dealkylation sites (tertiary alicyclic amines) is 1. The van der Waals surface area contributed by atoms with Crippen LogP contribution in [0.4, 0.5) is 13.2 Å². The number of aliphatic imine (C=N–C) groups is 1. The van der Waals surface area contributed by atoms with Gasteiger partial charge >= 0.3 is 6.18 Å². The van der Waals surface area contributed by atoms with Crippen molar-refractivity contribution in [1.29, 1.82) is 0 Å². The molecular formula is C19H36F3IN4. The number of nitrogens with one attached hydrogen (secondary N) is 2. The Morgan fingerprint density at radius 1 is 1.11 bits per heavy atom. The zero-order valence-electron chi connectivity index (χ0n) is 16.7. The van der Waals surface area contributed by atoms with E-state index >= 15 is 0 Å². The molecular weight excluding hydrogens is 468 g/mol. The third-order valence-electron chi connectivity index (χ3n) is 5.78. The SMILES string of the molecule is CCNC(=NCCC1CCN(CC)CC1)NC1CCCC(C(F)(F)F)C1.I. The molecule has 1 saturated carbocycles. The van der Waals surface area contributed by atoms with E-state index in [0.29, 0.717) is 18.3 Å². The van der Waals surface area contributed by atoms with Gasteiger partial charge in [0.05, 0.1) is 5.92 Å². The lowest BCUT2D eigenvalue weighted by molar-refractivity contribution is -0.183. The van der Waals surface area contributed by atoms with Crippen molar-refractivity contribution in [2.45, 2.75) is 71.0 Å². The largest absolute Gasteiger partial charge is 0.391 e. The van der Waals surface area contributed by atoms with Crippen molar-refractivity contribution >= 4 is 29.9 Å². The molecule has 0 aromatic rings. The Hall–Kier alpha value is -0.250. The molecule has 0 spiro atoms. The molecule has 0 bridgehead atoms. The summed E-state index contributed by atoms with van der Waals surface area (Å²) in [6, 6.07) is -0.138. The van der Waals surface area contributed by atoms with E-state index in [9.17, 15) is 13.2 Å². The summed E-state index contributed by atoms with van der Waals surface area (Å²) < 4.78 is 39.0. The number of piperidine rings is 1. The number of alkyl halides is 3. The summed E-state index contributed by atoms with van der Waals surface area (Å²) >= 11 is 0. The molecule has 1 aliphatic carbocycles. The van der Waals surface area contributed by atoms with Crippen LogP contribution in [0.5, 0.6) is 0 Å². The second kappa shape index (κ2) is 12.3. The molecule has 2 rings (SSSR count). The van der Waals surface area contributed by atoms with Gasteiger partial charge in [-0.25, -0.2) is 0 Å². The van der Waals surface area contributed by atoms with Crippen LogP contribution in [-0.4, -0.2) is 55.8 Å². The van der Waals surface area contributed by atoms with Crippen molar-refractivity contribution in [3.05, 3.63) is 0 Å². The zero-order chi connectivity index (χ0) is 19.0. The van der Waals surface area contributed by atoms with E-state index in [0.717, 1.165) is 32.5 Å². The van der Waals surface area contributed by atoms with E-state index in [1.165, 1.54) is 25.9 Å². The predicted octanol–water partition coefficient (Wildman–Crippen LogP) is 4.40. The van der Waals surface area contributed by atoms with Crippen LogP contribution in [0.15, 0.2) is 4.99 Å². The van der Waals surface area contributed by atoms with Gasteiger partial charge in [0.15, 0.2) is 5.96 Å². The highest BCUT2D eigenvalue weighted by Crippen LogP contribution is 2.37. The van der Waals surface area contributed by atoms with Crippen LogP contribution in [-0.2, 0) is 0 Å². The van der Waals surface area contributed by atoms with E-state index in [2.05, 4.69) is 27.4 Å². The minimum atomic E-state index is -4.08. The second-order valence-corrected chi connectivity index (χ2v) is 7.67. The maximum Gasteiger partial charge on any atom is 0.391 e. The van der Waals surface area contributed by atoms with E-state index in [1.54, 1.807) is 0 Å². The number of rotatable bonds is 6. The minimum Gasteiger partial charge on any atom is -0.357 e. The first-order valence-corrected chi connectivity index (χ1v) is 10.3. The Labute approximate surface area is 179 Å². The van der Waals surface area contributed by atoms with Gasteiger partial charge < -0.3 is 15.5 Å². The van der Waals surface area contributed by atoms with Crippen LogP contribution in [0.1, 0.15) is 58.8 Å². The topological polar surface area (TPSA) is 39.7 Å². The molecule has 8 heteroatoms. The maximum atomic E-state index is 13.0. The third kappa shape index (κ3) is 8.75. The molecule has 1 saturated heterocycles. The van der Waals surface area contributed by atoms with Crippen molar-refractivity contribution in [1.82, 2.24) is 15.5 Å². The molecule has 160 valence electrons. The van der Waals surface area contributed by atoms with Gasteiger partial charge in [-0.1, -0.05) is 13.3 Å². The van der Waals surface area contributed by atoms with Crippen LogP contribution in [0.2, 0.25) is 0 Å². The van der Waals surface area contributed by atoms with Gasteiger partial charge in [0.25, 0.3) is 0 Å². The van der Waals surface area contributed by atoms with Gasteiger partial charge in [-0.05, 0) is 71.0 Å². The molecule has 27 heavy (non-hydrogen) atoms. The molecule has 0 radical (unpaired) electrons. The summed E-state index contributed by atoms with van der Waals surface area (Å²) in [4.78, 5) is 7.11. The van der Waals surface area contributed by atoms with Gasteiger partial charge in [0.1, 0.15) is 0 Å². The molecule has 0 amide bonds. The molecule has 0 aromatic heterocycles. The summed E-state index contributed by atoms with van der Waals surface area (Å²) in [5.41, 5.74) is 0. The fraction of sp³-hybridized carbons (Fsp3) is 0.947. The molecule has 2 aliphatic rings. The summed E-state index contributed by atoms with van der Waals surface area (Å²) in [6.07, 6.45) is 1.25. The molecule has 1 heterocycles. The van der Waals surface area contributed by atoms with Crippen molar-refractivity contribution in [2.24, 2.45) is 16.8 Å². The van der Waals surface area contributed by atoms with Crippen LogP contribution >= 0.6 is 24.0 Å². The molecule has 2 unspecified atom stereocenters. The second-order valence-electron chi connectivity index (χ2n) is 7.67. The zero-order valence-corrected chi connectivity index (χ0v) is 19.0. The molecule has 4 nitrogen and oxygen atoms in total. The smallest absolute Gasteiger partial charge is 0.357 e. The van der Waals surface area contributed by atoms with Crippen molar-refractivity contribution in [3.63, 3.8) is 0 Å². The van der Waals surface area contributed by atoms with Crippen LogP contribution in [0.25, 0.3) is 0 Å². The fourth-order valence-corrected chi connectivity index (χ4v) is 4.08. The molecule has 2 fully saturated rings. The predicted molar refractivity (Wildman–Crippen MR) is 116 cm³/mol. The number of guanidine groups is 1. The number of hydrogen-bond donors (Lipinski definition) is 2. The number of halogens is 4. The third-order valence-corrected chi connectivity index (χ3v) is 5.78. The van der Waals surface area contributed by atoms with Crippen molar-refractivity contribution < 1.29 is 13.2 Å². The Kier molecular flexibility index (Phi) is 11.3. The summed E-state index contributed by atoms with van der Waals surface area (Å²) in [5.74, 6) is 0.209. The monoisotopic (exact) mass is 504 g/mol. The minimum absolute atomic E-state index is 0. The summed E-state index contributed by atoms with van der Waals surface area (Å²) in [5, 5.41) is 6.43. The van der Waals surface area contributed by atoms with Crippen LogP contribution < -0.4 is 10.6 Å². The first-order valence-electron chi connectivity index (χ1n) is 10.3. The fourth-order valence-electron chi connectivity index (χ4n) is 4.08. The highest BCUT2D eigenvalue weighted by atomic mass is 127. The number of hydrogen-bond acceptors (Lipinski definition) is 2. The number of nitrogens with zero attached hydrogens (tertiary/aromatic N) is 2. The first kappa shape index (κ1) is 24.8. The van der Waals surface area contributed by atoms with E-state index in [-0.39, 0.29) is 42.9 Å². The van der Waals surface area contributed by atoms with Gasteiger partial charge in [-0.15, -0.1) is 24.0 Å². The van der Waals surface area contributed by atoms with Crippen LogP contribution in [0.3, 0.4) is 0 Å². The Balaban J connectivity index is 0.00000364. The highest BCUT2D eigenvalue weighted by molar-refractivity contribution is 14.0. The lowest BCUT2D eigenvalue weighted by Gasteiger charge is -2.32. The van der Waals surface area contributed by atoms with E-state index in [1.807, 2.05) is 6.92 Å². The molecule has 1 aliphatic heterocycles. The van der Waals surface area contributed by atoms with E-state index in [4.69, 9.17) is 0 Å². The Morgan fingerprint density at radius 3 is 2.41 bits per heavy atom. The standard InChI is InChI=1S/C19H35F3N4.HI/c1-3-23-18(24-11-8-15-9-12-26(4-2)13-10-15)25-17-7-5-6-16(14-17)19(20,21)22;/h15-17H,3-14H2,1-2H3,(H2,23,24,25);1H. The Morgan fingerprint density at radius 2 is 1.81 bits per heavy atom. The lowest BCUT2D eigenvalue weighted by Crippen LogP contribution is -2.46. The molecule has 2 atom stereocenters. The Bertz CT molecular complexity index is 437. The van der Waals surface area contributed by atoms with Gasteiger partial charge in [0, 0.05) is 19.1 Å². The van der Waals surface area contributed by atoms with Gasteiger partial charge in [-0.3, -0.25) is 4.99 Å². The van der Waals surface area contributed by atoms with E-state index < -0.39 is 12.1 Å².